The summed E-state index contributed by atoms with van der Waals surface area (Å²) in [5, 5.41) is 0. The molecule has 1 amide bonds. The Balaban J connectivity index is 1.58. The fourth-order valence-corrected chi connectivity index (χ4v) is 4.21. The Labute approximate surface area is 197 Å². The van der Waals surface area contributed by atoms with Gasteiger partial charge in [0.1, 0.15) is 12.7 Å². The fraction of sp³-hybridized carbons (Fsp3) is 0.400. The van der Waals surface area contributed by atoms with Crippen LogP contribution in [0, 0.1) is 0 Å². The Morgan fingerprint density at radius 2 is 1.59 bits per heavy atom. The number of piperidine rings is 1. The molecule has 2 aromatic rings. The third kappa shape index (κ3) is 5.55. The quantitative estimate of drug-likeness (QED) is 0.487. The number of fused-ring (bicyclic) bond motifs is 1. The lowest BCUT2D eigenvalue weighted by atomic mass is 9.92. The zero-order valence-corrected chi connectivity index (χ0v) is 19.0. The molecule has 0 aliphatic carbocycles. The van der Waals surface area contributed by atoms with Gasteiger partial charge in [0.05, 0.1) is 19.2 Å². The van der Waals surface area contributed by atoms with E-state index in [1.807, 2.05) is 60.7 Å². The van der Waals surface area contributed by atoms with Gasteiger partial charge in [0, 0.05) is 19.4 Å². The smallest absolute Gasteiger partial charge is 0.410 e. The van der Waals surface area contributed by atoms with Crippen LogP contribution >= 0.6 is 0 Å². The number of carbonyl (C=O) groups is 3. The van der Waals surface area contributed by atoms with E-state index in [0.29, 0.717) is 0 Å². The first-order valence-electron chi connectivity index (χ1n) is 11.1. The Morgan fingerprint density at radius 3 is 2.24 bits per heavy atom. The van der Waals surface area contributed by atoms with Crippen molar-refractivity contribution in [2.45, 2.75) is 51.1 Å². The molecule has 0 N–H and O–H groups in total. The summed E-state index contributed by atoms with van der Waals surface area (Å²) >= 11 is 0. The molecule has 2 saturated heterocycles. The second-order valence-corrected chi connectivity index (χ2v) is 8.16. The van der Waals surface area contributed by atoms with Gasteiger partial charge in [-0.05, 0) is 5.56 Å². The molecular weight excluding hydrogens is 442 g/mol. The highest BCUT2D eigenvalue weighted by molar-refractivity contribution is 5.70. The Kier molecular flexibility index (Phi) is 7.44. The molecule has 0 aromatic heterocycles. The lowest BCUT2D eigenvalue weighted by Crippen LogP contribution is -2.68. The normalized spacial score (nSPS) is 26.2. The van der Waals surface area contributed by atoms with Crippen LogP contribution in [0.4, 0.5) is 4.79 Å². The number of benzene rings is 2. The van der Waals surface area contributed by atoms with E-state index in [2.05, 4.69) is 0 Å². The van der Waals surface area contributed by atoms with Gasteiger partial charge in [-0.15, -0.1) is 0 Å². The number of amides is 1. The molecule has 2 aromatic carbocycles. The highest BCUT2D eigenvalue weighted by Gasteiger charge is 2.53. The number of hydrogen-bond donors (Lipinski definition) is 0. The molecular formula is C25H27NO8. The van der Waals surface area contributed by atoms with Gasteiger partial charge in [0.25, 0.3) is 0 Å². The maximum atomic E-state index is 13.1. The number of rotatable bonds is 5. The lowest BCUT2D eigenvalue weighted by molar-refractivity contribution is -0.287. The molecule has 2 heterocycles. The van der Waals surface area contributed by atoms with Crippen LogP contribution < -0.4 is 0 Å². The number of nitrogens with zero attached hydrogens (tertiary/aromatic N) is 1. The van der Waals surface area contributed by atoms with Gasteiger partial charge in [-0.1, -0.05) is 60.7 Å². The van der Waals surface area contributed by atoms with E-state index in [-0.39, 0.29) is 19.8 Å². The first-order chi connectivity index (χ1) is 16.4. The van der Waals surface area contributed by atoms with E-state index in [1.54, 1.807) is 0 Å². The van der Waals surface area contributed by atoms with Crippen molar-refractivity contribution in [3.63, 3.8) is 0 Å². The monoisotopic (exact) mass is 469 g/mol. The van der Waals surface area contributed by atoms with Crippen LogP contribution in [0.5, 0.6) is 0 Å². The third-order valence-corrected chi connectivity index (χ3v) is 5.68. The molecule has 0 saturated carbocycles. The van der Waals surface area contributed by atoms with Crippen molar-refractivity contribution in [2.24, 2.45) is 0 Å². The number of carbonyl (C=O) groups excluding carboxylic acids is 3. The van der Waals surface area contributed by atoms with Crippen LogP contribution in [0.1, 0.15) is 31.3 Å². The van der Waals surface area contributed by atoms with Crippen molar-refractivity contribution in [1.82, 2.24) is 4.90 Å². The number of likely N-dealkylation sites (tertiary alicyclic amines) is 1. The number of esters is 2. The van der Waals surface area contributed by atoms with E-state index in [0.717, 1.165) is 11.1 Å². The minimum Gasteiger partial charge on any atom is -0.457 e. The number of hydrogen-bond acceptors (Lipinski definition) is 8. The summed E-state index contributed by atoms with van der Waals surface area (Å²) in [7, 11) is 0. The Morgan fingerprint density at radius 1 is 0.941 bits per heavy atom. The SMILES string of the molecule is CC(=O)O[C@H]1[C@@H]2OC(c3ccccc3)OC[C@H]2N(C(=O)OCc2ccccc2)C[C@@H]1OC(C)=O. The fourth-order valence-electron chi connectivity index (χ4n) is 4.21. The summed E-state index contributed by atoms with van der Waals surface area (Å²) in [6.45, 7) is 2.69. The molecule has 4 rings (SSSR count). The van der Waals surface area contributed by atoms with Gasteiger partial charge in [0.15, 0.2) is 18.5 Å². The molecule has 5 atom stereocenters. The summed E-state index contributed by atoms with van der Waals surface area (Å²) in [5.74, 6) is -1.11. The highest BCUT2D eigenvalue weighted by atomic mass is 16.7. The van der Waals surface area contributed by atoms with E-state index < -0.39 is 48.7 Å². The first kappa shape index (κ1) is 23.7. The van der Waals surface area contributed by atoms with Crippen molar-refractivity contribution < 1.29 is 38.1 Å². The molecule has 2 fully saturated rings. The predicted octanol–water partition coefficient (Wildman–Crippen LogP) is 2.99. The summed E-state index contributed by atoms with van der Waals surface area (Å²) < 4.78 is 28.6. The van der Waals surface area contributed by atoms with Crippen molar-refractivity contribution in [1.29, 1.82) is 0 Å². The Bertz CT molecular complexity index is 998. The van der Waals surface area contributed by atoms with Gasteiger partial charge >= 0.3 is 18.0 Å². The van der Waals surface area contributed by atoms with Gasteiger partial charge in [-0.2, -0.15) is 0 Å². The highest BCUT2D eigenvalue weighted by Crippen LogP contribution is 2.36. The summed E-state index contributed by atoms with van der Waals surface area (Å²) in [5.41, 5.74) is 1.61. The summed E-state index contributed by atoms with van der Waals surface area (Å²) in [6.07, 6.45) is -3.99. The molecule has 2 aliphatic rings. The van der Waals surface area contributed by atoms with Gasteiger partial charge in [0.2, 0.25) is 0 Å². The zero-order chi connectivity index (χ0) is 24.1. The van der Waals surface area contributed by atoms with E-state index in [4.69, 9.17) is 23.7 Å². The van der Waals surface area contributed by atoms with Crippen LogP contribution in [0.3, 0.4) is 0 Å². The summed E-state index contributed by atoms with van der Waals surface area (Å²) in [4.78, 5) is 38.2. The predicted molar refractivity (Wildman–Crippen MR) is 118 cm³/mol. The van der Waals surface area contributed by atoms with Crippen LogP contribution in [0.2, 0.25) is 0 Å². The molecule has 2 aliphatic heterocycles. The largest absolute Gasteiger partial charge is 0.457 e. The second-order valence-electron chi connectivity index (χ2n) is 8.16. The second kappa shape index (κ2) is 10.7. The van der Waals surface area contributed by atoms with Crippen molar-refractivity contribution in [3.8, 4) is 0 Å². The average Bonchev–Trinajstić information content (AvgIpc) is 2.84. The minimum atomic E-state index is -0.929. The molecule has 34 heavy (non-hydrogen) atoms. The molecule has 1 unspecified atom stereocenters. The minimum absolute atomic E-state index is 0.0327. The van der Waals surface area contributed by atoms with Crippen LogP contribution in [-0.4, -0.2) is 60.4 Å². The topological polar surface area (TPSA) is 101 Å². The third-order valence-electron chi connectivity index (χ3n) is 5.68. The first-order valence-corrected chi connectivity index (χ1v) is 11.1. The maximum Gasteiger partial charge on any atom is 0.410 e. The van der Waals surface area contributed by atoms with Crippen molar-refractivity contribution in [3.05, 3.63) is 71.8 Å². The average molecular weight is 469 g/mol. The van der Waals surface area contributed by atoms with Gasteiger partial charge in [-0.3, -0.25) is 14.5 Å². The van der Waals surface area contributed by atoms with E-state index >= 15 is 0 Å². The maximum absolute atomic E-state index is 13.1. The standard InChI is InChI=1S/C25H27NO8/c1-16(27)32-21-13-26(25(29)31-14-18-9-5-3-6-10-18)20-15-30-24(19-11-7-4-8-12-19)34-22(20)23(21)33-17(2)28/h3-12,20-24H,13-15H2,1-2H3/t20-,21+,22-,23-,24?/m1/s1. The molecule has 0 spiro atoms. The lowest BCUT2D eigenvalue weighted by Gasteiger charge is -2.50. The van der Waals surface area contributed by atoms with Crippen LogP contribution in [-0.2, 0) is 39.9 Å². The zero-order valence-electron chi connectivity index (χ0n) is 19.0. The molecule has 0 bridgehead atoms. The van der Waals surface area contributed by atoms with Crippen LogP contribution in [0.15, 0.2) is 60.7 Å². The molecule has 180 valence electrons. The summed E-state index contributed by atoms with van der Waals surface area (Å²) in [6, 6.07) is 18.0. The van der Waals surface area contributed by atoms with E-state index in [9.17, 15) is 14.4 Å². The number of ether oxygens (including phenoxy) is 5. The van der Waals surface area contributed by atoms with Crippen molar-refractivity contribution in [2.75, 3.05) is 13.2 Å². The van der Waals surface area contributed by atoms with Crippen molar-refractivity contribution >= 4 is 18.0 Å². The Hall–Kier alpha value is -3.43. The van der Waals surface area contributed by atoms with Gasteiger partial charge < -0.3 is 23.7 Å². The van der Waals surface area contributed by atoms with Gasteiger partial charge in [-0.25, -0.2) is 4.79 Å². The molecule has 9 heteroatoms. The molecule has 9 nitrogen and oxygen atoms in total. The van der Waals surface area contributed by atoms with Crippen LogP contribution in [0.25, 0.3) is 0 Å². The molecule has 0 radical (unpaired) electrons. The van der Waals surface area contributed by atoms with E-state index in [1.165, 1.54) is 18.7 Å².